The first kappa shape index (κ1) is 18.5. The first-order valence-corrected chi connectivity index (χ1v) is 8.35. The van der Waals surface area contributed by atoms with Crippen LogP contribution in [0.2, 0.25) is 5.02 Å². The summed E-state index contributed by atoms with van der Waals surface area (Å²) in [7, 11) is 0. The maximum atomic E-state index is 13.6. The van der Waals surface area contributed by atoms with E-state index in [1.165, 1.54) is 30.3 Å². The summed E-state index contributed by atoms with van der Waals surface area (Å²) in [4.78, 5) is 11.9. The van der Waals surface area contributed by atoms with Gasteiger partial charge < -0.3 is 10.1 Å². The Labute approximate surface area is 146 Å². The van der Waals surface area contributed by atoms with Gasteiger partial charge >= 0.3 is 6.61 Å². The lowest BCUT2D eigenvalue weighted by atomic mass is 10.2. The molecule has 0 fully saturated rings. The topological polar surface area (TPSA) is 38.3 Å². The lowest BCUT2D eigenvalue weighted by molar-refractivity contribution is -0.113. The molecule has 128 valence electrons. The molecule has 0 aliphatic rings. The molecule has 0 aliphatic carbocycles. The molecule has 2 aromatic rings. The van der Waals surface area contributed by atoms with Crippen LogP contribution in [0.5, 0.6) is 5.75 Å². The zero-order chi connectivity index (χ0) is 17.5. The van der Waals surface area contributed by atoms with E-state index in [-0.39, 0.29) is 22.9 Å². The molecule has 2 aromatic carbocycles. The summed E-state index contributed by atoms with van der Waals surface area (Å²) in [5.41, 5.74) is 0.464. The van der Waals surface area contributed by atoms with Crippen LogP contribution in [-0.4, -0.2) is 18.3 Å². The van der Waals surface area contributed by atoms with Crippen LogP contribution in [0.4, 0.5) is 18.9 Å². The molecule has 3 nitrogen and oxygen atoms in total. The van der Waals surface area contributed by atoms with Crippen molar-refractivity contribution in [2.75, 3.05) is 11.1 Å². The second-order valence-corrected chi connectivity index (χ2v) is 6.01. The standard InChI is InChI=1S/C16H13ClF3NO2S/c17-11-4-3-5-12(18)10(11)8-24-9-15(22)21-13-6-1-2-7-14(13)23-16(19)20/h1-7,16H,8-9H2,(H,21,22). The fourth-order valence-corrected chi connectivity index (χ4v) is 3.04. The Kier molecular flexibility index (Phi) is 6.81. The number of thioether (sulfide) groups is 1. The van der Waals surface area contributed by atoms with Crippen molar-refractivity contribution >= 4 is 35.0 Å². The summed E-state index contributed by atoms with van der Waals surface area (Å²) in [6.07, 6.45) is 0. The molecular weight excluding hydrogens is 363 g/mol. The van der Waals surface area contributed by atoms with Crippen LogP contribution >= 0.6 is 23.4 Å². The number of benzene rings is 2. The van der Waals surface area contributed by atoms with Gasteiger partial charge in [-0.3, -0.25) is 4.79 Å². The molecule has 0 heterocycles. The largest absolute Gasteiger partial charge is 0.433 e. The minimum Gasteiger partial charge on any atom is -0.433 e. The fourth-order valence-electron chi connectivity index (χ4n) is 1.87. The number of amides is 1. The number of hydrogen-bond acceptors (Lipinski definition) is 3. The Morgan fingerprint density at radius 1 is 1.21 bits per heavy atom. The minimum atomic E-state index is -2.99. The molecule has 8 heteroatoms. The second kappa shape index (κ2) is 8.84. The number of alkyl halides is 2. The highest BCUT2D eigenvalue weighted by molar-refractivity contribution is 7.99. The van der Waals surface area contributed by atoms with Crippen molar-refractivity contribution in [2.24, 2.45) is 0 Å². The highest BCUT2D eigenvalue weighted by Crippen LogP contribution is 2.27. The predicted molar refractivity (Wildman–Crippen MR) is 89.3 cm³/mol. The number of nitrogens with one attached hydrogen (secondary N) is 1. The monoisotopic (exact) mass is 375 g/mol. The van der Waals surface area contributed by atoms with E-state index in [0.717, 1.165) is 11.8 Å². The summed E-state index contributed by atoms with van der Waals surface area (Å²) >= 11 is 7.06. The van der Waals surface area contributed by atoms with E-state index in [2.05, 4.69) is 10.1 Å². The van der Waals surface area contributed by atoms with Gasteiger partial charge in [0.25, 0.3) is 0 Å². The number of ether oxygens (including phenoxy) is 1. The van der Waals surface area contributed by atoms with Crippen molar-refractivity contribution in [2.45, 2.75) is 12.4 Å². The zero-order valence-corrected chi connectivity index (χ0v) is 13.8. The highest BCUT2D eigenvalue weighted by Gasteiger charge is 2.12. The predicted octanol–water partition coefficient (Wildman–Crippen LogP) is 4.95. The van der Waals surface area contributed by atoms with E-state index < -0.39 is 18.3 Å². The van der Waals surface area contributed by atoms with E-state index in [0.29, 0.717) is 10.6 Å². The summed E-state index contributed by atoms with van der Waals surface area (Å²) < 4.78 is 42.6. The summed E-state index contributed by atoms with van der Waals surface area (Å²) in [5, 5.41) is 2.78. The molecular formula is C16H13ClF3NO2S. The Morgan fingerprint density at radius 2 is 1.96 bits per heavy atom. The van der Waals surface area contributed by atoms with Gasteiger partial charge in [-0.2, -0.15) is 8.78 Å². The van der Waals surface area contributed by atoms with Crippen LogP contribution in [0.25, 0.3) is 0 Å². The highest BCUT2D eigenvalue weighted by atomic mass is 35.5. The molecule has 0 aliphatic heterocycles. The molecule has 24 heavy (non-hydrogen) atoms. The molecule has 0 saturated carbocycles. The van der Waals surface area contributed by atoms with Gasteiger partial charge in [-0.15, -0.1) is 11.8 Å². The first-order chi connectivity index (χ1) is 11.5. The number of hydrogen-bond donors (Lipinski definition) is 1. The Bertz CT molecular complexity index is 695. The maximum Gasteiger partial charge on any atom is 0.387 e. The number of carbonyl (C=O) groups is 1. The molecule has 0 unspecified atom stereocenters. The Hall–Kier alpha value is -1.86. The molecule has 0 atom stereocenters. The SMILES string of the molecule is O=C(CSCc1c(F)cccc1Cl)Nc1ccccc1OC(F)F. The van der Waals surface area contributed by atoms with E-state index in [4.69, 9.17) is 11.6 Å². The van der Waals surface area contributed by atoms with Gasteiger partial charge in [-0.05, 0) is 24.3 Å². The summed E-state index contributed by atoms with van der Waals surface area (Å²) in [5.74, 6) is -0.756. The lowest BCUT2D eigenvalue weighted by Crippen LogP contribution is -2.15. The third-order valence-electron chi connectivity index (χ3n) is 2.92. The molecule has 1 N–H and O–H groups in total. The van der Waals surface area contributed by atoms with Crippen LogP contribution in [-0.2, 0) is 10.5 Å². The van der Waals surface area contributed by atoms with Gasteiger partial charge in [-0.1, -0.05) is 29.8 Å². The van der Waals surface area contributed by atoms with E-state index in [9.17, 15) is 18.0 Å². The van der Waals surface area contributed by atoms with Crippen LogP contribution < -0.4 is 10.1 Å². The summed E-state index contributed by atoms with van der Waals surface area (Å²) in [6.45, 7) is -2.99. The normalized spacial score (nSPS) is 10.7. The second-order valence-electron chi connectivity index (χ2n) is 4.62. The van der Waals surface area contributed by atoms with Gasteiger partial charge in [0.15, 0.2) is 0 Å². The first-order valence-electron chi connectivity index (χ1n) is 6.81. The van der Waals surface area contributed by atoms with Crippen molar-refractivity contribution < 1.29 is 22.7 Å². The van der Waals surface area contributed by atoms with Gasteiger partial charge in [0.2, 0.25) is 5.91 Å². The third-order valence-corrected chi connectivity index (χ3v) is 4.23. The van der Waals surface area contributed by atoms with Gasteiger partial charge in [0.05, 0.1) is 11.4 Å². The van der Waals surface area contributed by atoms with Crippen molar-refractivity contribution in [1.82, 2.24) is 0 Å². The number of halogens is 4. The van der Waals surface area contributed by atoms with Gasteiger partial charge in [0, 0.05) is 16.3 Å². The number of para-hydroxylation sites is 2. The van der Waals surface area contributed by atoms with Crippen molar-refractivity contribution in [3.63, 3.8) is 0 Å². The lowest BCUT2D eigenvalue weighted by Gasteiger charge is -2.11. The van der Waals surface area contributed by atoms with E-state index in [1.54, 1.807) is 12.1 Å². The fraction of sp³-hybridized carbons (Fsp3) is 0.188. The number of anilines is 1. The average Bonchev–Trinajstić information content (AvgIpc) is 2.52. The van der Waals surface area contributed by atoms with Crippen molar-refractivity contribution in [1.29, 1.82) is 0 Å². The van der Waals surface area contributed by atoms with Crippen LogP contribution in [0.15, 0.2) is 42.5 Å². The van der Waals surface area contributed by atoms with Crippen LogP contribution in [0.3, 0.4) is 0 Å². The van der Waals surface area contributed by atoms with E-state index in [1.807, 2.05) is 0 Å². The average molecular weight is 376 g/mol. The van der Waals surface area contributed by atoms with E-state index >= 15 is 0 Å². The zero-order valence-electron chi connectivity index (χ0n) is 12.3. The molecule has 2 rings (SSSR count). The molecule has 0 aromatic heterocycles. The molecule has 1 amide bonds. The smallest absolute Gasteiger partial charge is 0.387 e. The molecule has 0 bridgehead atoms. The minimum absolute atomic E-state index is 0.00762. The summed E-state index contributed by atoms with van der Waals surface area (Å²) in [6, 6.07) is 10.2. The maximum absolute atomic E-state index is 13.6. The molecule has 0 spiro atoms. The van der Waals surface area contributed by atoms with Crippen molar-refractivity contribution in [3.8, 4) is 5.75 Å². The van der Waals surface area contributed by atoms with Crippen LogP contribution in [0.1, 0.15) is 5.56 Å². The van der Waals surface area contributed by atoms with Gasteiger partial charge in [-0.25, -0.2) is 4.39 Å². The number of rotatable bonds is 7. The Morgan fingerprint density at radius 3 is 2.67 bits per heavy atom. The van der Waals surface area contributed by atoms with Gasteiger partial charge in [0.1, 0.15) is 11.6 Å². The number of carbonyl (C=O) groups excluding carboxylic acids is 1. The Balaban J connectivity index is 1.90. The molecule has 0 radical (unpaired) electrons. The third kappa shape index (κ3) is 5.35. The van der Waals surface area contributed by atoms with Crippen LogP contribution in [0, 0.1) is 5.82 Å². The van der Waals surface area contributed by atoms with Crippen molar-refractivity contribution in [3.05, 3.63) is 58.9 Å². The molecule has 0 saturated heterocycles. The quantitative estimate of drug-likeness (QED) is 0.744.